The van der Waals surface area contributed by atoms with Crippen LogP contribution in [0.15, 0.2) is 72.9 Å². The number of piperidine rings is 1. The van der Waals surface area contributed by atoms with Crippen LogP contribution in [0.1, 0.15) is 70.4 Å². The summed E-state index contributed by atoms with van der Waals surface area (Å²) in [4.78, 5) is 28.1. The lowest BCUT2D eigenvalue weighted by Gasteiger charge is -2.32. The SMILES string of the molecule is CCOC(=O)c1cc(C(=O)NCCCCN2CCC(c3cn(C)c4ccccc34)CC2)ccc1-c1ccc(C(F)(F)F)cc1. The minimum Gasteiger partial charge on any atom is -0.462 e. The molecular formula is C35H38F3N3O3. The lowest BCUT2D eigenvalue weighted by Crippen LogP contribution is -2.34. The molecule has 6 nitrogen and oxygen atoms in total. The van der Waals surface area contributed by atoms with Crippen LogP contribution in [-0.4, -0.2) is 54.1 Å². The van der Waals surface area contributed by atoms with E-state index in [1.165, 1.54) is 34.7 Å². The number of hydrogen-bond acceptors (Lipinski definition) is 4. The normalized spacial score (nSPS) is 14.6. The molecule has 1 saturated heterocycles. The predicted octanol–water partition coefficient (Wildman–Crippen LogP) is 7.43. The molecule has 1 aliphatic heterocycles. The molecule has 44 heavy (non-hydrogen) atoms. The number of fused-ring (bicyclic) bond motifs is 1. The van der Waals surface area contributed by atoms with E-state index in [1.807, 2.05) is 0 Å². The van der Waals surface area contributed by atoms with Crippen LogP contribution in [0.25, 0.3) is 22.0 Å². The van der Waals surface area contributed by atoms with Gasteiger partial charge in [0.05, 0.1) is 17.7 Å². The molecule has 0 radical (unpaired) electrons. The van der Waals surface area contributed by atoms with Crippen molar-refractivity contribution in [2.24, 2.45) is 7.05 Å². The molecule has 1 amide bonds. The summed E-state index contributed by atoms with van der Waals surface area (Å²) in [6.45, 7) is 5.39. The summed E-state index contributed by atoms with van der Waals surface area (Å²) >= 11 is 0. The highest BCUT2D eigenvalue weighted by atomic mass is 19.4. The van der Waals surface area contributed by atoms with E-state index < -0.39 is 17.7 Å². The largest absolute Gasteiger partial charge is 0.462 e. The maximum absolute atomic E-state index is 13.0. The lowest BCUT2D eigenvalue weighted by molar-refractivity contribution is -0.137. The monoisotopic (exact) mass is 605 g/mol. The Balaban J connectivity index is 1.11. The zero-order chi connectivity index (χ0) is 31.3. The number of unbranched alkanes of at least 4 members (excludes halogenated alkanes) is 1. The Bertz CT molecular complexity index is 1600. The average molecular weight is 606 g/mol. The Kier molecular flexibility index (Phi) is 9.74. The Morgan fingerprint density at radius 2 is 1.70 bits per heavy atom. The number of carbonyl (C=O) groups excluding carboxylic acids is 2. The summed E-state index contributed by atoms with van der Waals surface area (Å²) in [5, 5.41) is 4.28. The Morgan fingerprint density at radius 3 is 2.41 bits per heavy atom. The molecule has 0 bridgehead atoms. The number of amides is 1. The highest BCUT2D eigenvalue weighted by molar-refractivity contribution is 6.02. The summed E-state index contributed by atoms with van der Waals surface area (Å²) in [5.74, 6) is -0.381. The Morgan fingerprint density at radius 1 is 0.977 bits per heavy atom. The highest BCUT2D eigenvalue weighted by Gasteiger charge is 2.30. The molecule has 4 aromatic rings. The van der Waals surface area contributed by atoms with Gasteiger partial charge in [-0.1, -0.05) is 36.4 Å². The number of ether oxygens (including phenoxy) is 1. The number of alkyl halides is 3. The zero-order valence-electron chi connectivity index (χ0n) is 25.1. The van der Waals surface area contributed by atoms with Gasteiger partial charge in [-0.25, -0.2) is 4.79 Å². The quantitative estimate of drug-likeness (QED) is 0.151. The van der Waals surface area contributed by atoms with Crippen LogP contribution in [0, 0.1) is 0 Å². The summed E-state index contributed by atoms with van der Waals surface area (Å²) in [5.41, 5.74) is 3.20. The van der Waals surface area contributed by atoms with Gasteiger partial charge in [-0.05, 0) is 105 Å². The molecule has 232 valence electrons. The van der Waals surface area contributed by atoms with Crippen molar-refractivity contribution in [1.82, 2.24) is 14.8 Å². The molecule has 0 saturated carbocycles. The number of nitrogens with one attached hydrogen (secondary N) is 1. The molecule has 9 heteroatoms. The molecule has 5 rings (SSSR count). The maximum Gasteiger partial charge on any atom is 0.416 e. The Labute approximate surface area is 255 Å². The molecule has 3 aromatic carbocycles. The number of aryl methyl sites for hydroxylation is 1. The van der Waals surface area contributed by atoms with E-state index in [-0.39, 0.29) is 18.1 Å². The fourth-order valence-electron chi connectivity index (χ4n) is 6.08. The number of hydrogen-bond donors (Lipinski definition) is 1. The predicted molar refractivity (Wildman–Crippen MR) is 166 cm³/mol. The number of carbonyl (C=O) groups is 2. The molecule has 2 heterocycles. The fourth-order valence-corrected chi connectivity index (χ4v) is 6.08. The van der Waals surface area contributed by atoms with Gasteiger partial charge >= 0.3 is 12.1 Å². The molecule has 1 N–H and O–H groups in total. The minimum atomic E-state index is -4.46. The number of halogens is 3. The van der Waals surface area contributed by atoms with Crippen molar-refractivity contribution in [2.45, 2.75) is 44.7 Å². The van der Waals surface area contributed by atoms with Crippen LogP contribution in [0.5, 0.6) is 0 Å². The standard InChI is InChI=1S/C35H38F3N3O3/c1-3-44-34(43)30-22-26(12-15-28(30)24-10-13-27(14-11-24)35(36,37)38)33(42)39-18-6-7-19-41-20-16-25(17-21-41)31-23-40(2)32-9-5-4-8-29(31)32/h4-5,8-15,22-23,25H,3,6-7,16-21H2,1-2H3,(H,39,42). The van der Waals surface area contributed by atoms with Gasteiger partial charge in [0.15, 0.2) is 0 Å². The first-order valence-corrected chi connectivity index (χ1v) is 15.2. The molecule has 1 aromatic heterocycles. The van der Waals surface area contributed by atoms with Gasteiger partial charge in [0.1, 0.15) is 0 Å². The van der Waals surface area contributed by atoms with Crippen LogP contribution < -0.4 is 5.32 Å². The van der Waals surface area contributed by atoms with Crippen LogP contribution in [0.3, 0.4) is 0 Å². The van der Waals surface area contributed by atoms with Crippen LogP contribution >= 0.6 is 0 Å². The summed E-state index contributed by atoms with van der Waals surface area (Å²) in [6.07, 6.45) is 1.88. The van der Waals surface area contributed by atoms with E-state index in [9.17, 15) is 22.8 Å². The van der Waals surface area contributed by atoms with Crippen molar-refractivity contribution in [3.63, 3.8) is 0 Å². The molecule has 1 fully saturated rings. The average Bonchev–Trinajstić information content (AvgIpc) is 3.37. The highest BCUT2D eigenvalue weighted by Crippen LogP contribution is 2.35. The van der Waals surface area contributed by atoms with Crippen molar-refractivity contribution in [3.05, 3.63) is 95.2 Å². The van der Waals surface area contributed by atoms with Crippen molar-refractivity contribution in [1.29, 1.82) is 0 Å². The first kappa shape index (κ1) is 31.3. The number of rotatable bonds is 10. The second-order valence-electron chi connectivity index (χ2n) is 11.3. The van der Waals surface area contributed by atoms with Crippen molar-refractivity contribution in [3.8, 4) is 11.1 Å². The summed E-state index contributed by atoms with van der Waals surface area (Å²) < 4.78 is 46.4. The van der Waals surface area contributed by atoms with Crippen LogP contribution in [0.4, 0.5) is 13.2 Å². The first-order valence-electron chi connectivity index (χ1n) is 15.2. The van der Waals surface area contributed by atoms with Gasteiger partial charge in [-0.15, -0.1) is 0 Å². The van der Waals surface area contributed by atoms with Gasteiger partial charge in [0.2, 0.25) is 0 Å². The molecule has 1 aliphatic rings. The van der Waals surface area contributed by atoms with Crippen LogP contribution in [-0.2, 0) is 18.0 Å². The van der Waals surface area contributed by atoms with E-state index in [1.54, 1.807) is 19.1 Å². The lowest BCUT2D eigenvalue weighted by atomic mass is 9.89. The third-order valence-corrected chi connectivity index (χ3v) is 8.44. The number of aromatic nitrogens is 1. The van der Waals surface area contributed by atoms with Crippen molar-refractivity contribution >= 4 is 22.8 Å². The number of nitrogens with zero attached hydrogens (tertiary/aromatic N) is 2. The minimum absolute atomic E-state index is 0.128. The van der Waals surface area contributed by atoms with E-state index in [0.29, 0.717) is 29.2 Å². The molecule has 0 unspecified atom stereocenters. The van der Waals surface area contributed by atoms with E-state index in [0.717, 1.165) is 57.5 Å². The second kappa shape index (κ2) is 13.7. The number of esters is 1. The van der Waals surface area contributed by atoms with Gasteiger partial charge in [0.25, 0.3) is 5.91 Å². The summed E-state index contributed by atoms with van der Waals surface area (Å²) in [7, 11) is 2.11. The maximum atomic E-state index is 13.0. The smallest absolute Gasteiger partial charge is 0.416 e. The van der Waals surface area contributed by atoms with E-state index in [4.69, 9.17) is 4.74 Å². The van der Waals surface area contributed by atoms with Gasteiger partial charge in [-0.3, -0.25) is 4.79 Å². The van der Waals surface area contributed by atoms with Crippen molar-refractivity contribution < 1.29 is 27.5 Å². The van der Waals surface area contributed by atoms with Crippen molar-refractivity contribution in [2.75, 3.05) is 32.8 Å². The third kappa shape index (κ3) is 7.16. The third-order valence-electron chi connectivity index (χ3n) is 8.44. The molecule has 0 atom stereocenters. The molecular weight excluding hydrogens is 567 g/mol. The van der Waals surface area contributed by atoms with Gasteiger partial charge in [-0.2, -0.15) is 13.2 Å². The number of benzene rings is 3. The first-order chi connectivity index (χ1) is 21.2. The fraction of sp³-hybridized carbons (Fsp3) is 0.371. The number of likely N-dealkylation sites (tertiary alicyclic amines) is 1. The van der Waals surface area contributed by atoms with E-state index >= 15 is 0 Å². The molecule has 0 spiro atoms. The zero-order valence-corrected chi connectivity index (χ0v) is 25.1. The Hall–Kier alpha value is -4.11. The number of para-hydroxylation sites is 1. The second-order valence-corrected chi connectivity index (χ2v) is 11.3. The topological polar surface area (TPSA) is 63.6 Å². The molecule has 0 aliphatic carbocycles. The van der Waals surface area contributed by atoms with Crippen LogP contribution in [0.2, 0.25) is 0 Å². The summed E-state index contributed by atoms with van der Waals surface area (Å²) in [6, 6.07) is 17.7. The van der Waals surface area contributed by atoms with Gasteiger partial charge in [0, 0.05) is 36.3 Å². The van der Waals surface area contributed by atoms with E-state index in [2.05, 4.69) is 52.3 Å². The van der Waals surface area contributed by atoms with Gasteiger partial charge < -0.3 is 19.5 Å².